The van der Waals surface area contributed by atoms with Gasteiger partial charge in [-0.3, -0.25) is 9.59 Å². The molecule has 0 radical (unpaired) electrons. The van der Waals surface area contributed by atoms with Crippen LogP contribution in [0.5, 0.6) is 5.75 Å². The molecule has 25 heavy (non-hydrogen) atoms. The molecule has 7 heteroatoms. The molecule has 1 amide bonds. The number of aliphatic carboxylic acids is 1. The normalized spacial score (nSPS) is 19.6. The number of nitrogens with zero attached hydrogens (tertiary/aromatic N) is 2. The highest BCUT2D eigenvalue weighted by molar-refractivity contribution is 5.93. The van der Waals surface area contributed by atoms with Gasteiger partial charge in [-0.25, -0.2) is 4.68 Å². The van der Waals surface area contributed by atoms with Crippen molar-refractivity contribution < 1.29 is 19.4 Å². The topological polar surface area (TPSA) is 93.5 Å². The number of hydrogen-bond donors (Lipinski definition) is 2. The number of amides is 1. The highest BCUT2D eigenvalue weighted by Gasteiger charge is 2.34. The number of benzene rings is 1. The van der Waals surface area contributed by atoms with Gasteiger partial charge in [-0.2, -0.15) is 5.10 Å². The van der Waals surface area contributed by atoms with Crippen LogP contribution in [0.1, 0.15) is 35.4 Å². The van der Waals surface area contributed by atoms with Crippen LogP contribution in [0.3, 0.4) is 0 Å². The Morgan fingerprint density at radius 1 is 1.28 bits per heavy atom. The van der Waals surface area contributed by atoms with Crippen LogP contribution in [0.25, 0.3) is 5.69 Å². The van der Waals surface area contributed by atoms with E-state index in [4.69, 9.17) is 4.74 Å². The molecule has 1 saturated carbocycles. The van der Waals surface area contributed by atoms with Gasteiger partial charge in [-0.05, 0) is 50.1 Å². The summed E-state index contributed by atoms with van der Waals surface area (Å²) in [4.78, 5) is 23.7. The standard InChI is InChI=1S/C18H21N3O4/c1-11-10-16(17(22)19-15-5-3-4-14(15)18(23)24)20-21(11)12-6-8-13(25-2)9-7-12/h6-10,14-15H,3-5H2,1-2H3,(H,19,22)(H,23,24)/t14-,15+/m0/s1. The summed E-state index contributed by atoms with van der Waals surface area (Å²) in [7, 11) is 1.60. The summed E-state index contributed by atoms with van der Waals surface area (Å²) < 4.78 is 6.82. The second-order valence-electron chi connectivity index (χ2n) is 6.24. The first-order valence-electron chi connectivity index (χ1n) is 8.24. The van der Waals surface area contributed by atoms with Crippen molar-refractivity contribution in [2.45, 2.75) is 32.2 Å². The van der Waals surface area contributed by atoms with Crippen LogP contribution in [0.2, 0.25) is 0 Å². The number of carbonyl (C=O) groups excluding carboxylic acids is 1. The van der Waals surface area contributed by atoms with Crippen molar-refractivity contribution in [2.75, 3.05) is 7.11 Å². The highest BCUT2D eigenvalue weighted by atomic mass is 16.5. The van der Waals surface area contributed by atoms with E-state index >= 15 is 0 Å². The van der Waals surface area contributed by atoms with Crippen LogP contribution in [-0.2, 0) is 4.79 Å². The van der Waals surface area contributed by atoms with Crippen molar-refractivity contribution in [3.63, 3.8) is 0 Å². The molecule has 3 rings (SSSR count). The lowest BCUT2D eigenvalue weighted by Crippen LogP contribution is -2.40. The molecule has 2 aromatic rings. The predicted octanol–water partition coefficient (Wildman–Crippen LogP) is 2.17. The van der Waals surface area contributed by atoms with Crippen LogP contribution in [0.4, 0.5) is 0 Å². The molecule has 1 aliphatic carbocycles. The fraction of sp³-hybridized carbons (Fsp3) is 0.389. The van der Waals surface area contributed by atoms with E-state index in [1.54, 1.807) is 17.9 Å². The van der Waals surface area contributed by atoms with E-state index in [9.17, 15) is 14.7 Å². The van der Waals surface area contributed by atoms with Crippen LogP contribution >= 0.6 is 0 Å². The molecule has 7 nitrogen and oxygen atoms in total. The molecule has 2 N–H and O–H groups in total. The minimum absolute atomic E-state index is 0.282. The van der Waals surface area contributed by atoms with Gasteiger partial charge < -0.3 is 15.2 Å². The average molecular weight is 343 g/mol. The number of methoxy groups -OCH3 is 1. The number of aromatic nitrogens is 2. The molecule has 0 spiro atoms. The Labute approximate surface area is 145 Å². The largest absolute Gasteiger partial charge is 0.497 e. The third-order valence-corrected chi connectivity index (χ3v) is 4.59. The number of nitrogens with one attached hydrogen (secondary N) is 1. The summed E-state index contributed by atoms with van der Waals surface area (Å²) in [6.45, 7) is 1.86. The fourth-order valence-electron chi connectivity index (χ4n) is 3.24. The summed E-state index contributed by atoms with van der Waals surface area (Å²) in [6.07, 6.45) is 2.09. The van der Waals surface area contributed by atoms with Gasteiger partial charge in [0.05, 0.1) is 18.7 Å². The fourth-order valence-corrected chi connectivity index (χ4v) is 3.24. The zero-order valence-corrected chi connectivity index (χ0v) is 14.2. The zero-order chi connectivity index (χ0) is 18.0. The van der Waals surface area contributed by atoms with Crippen LogP contribution in [0, 0.1) is 12.8 Å². The summed E-state index contributed by atoms with van der Waals surface area (Å²) in [6, 6.07) is 8.73. The molecule has 2 atom stereocenters. The summed E-state index contributed by atoms with van der Waals surface area (Å²) in [5.41, 5.74) is 1.92. The molecular formula is C18H21N3O4. The molecule has 0 unspecified atom stereocenters. The SMILES string of the molecule is COc1ccc(-n2nc(C(=O)N[C@@H]3CCC[C@@H]3C(=O)O)cc2C)cc1. The molecule has 1 aromatic heterocycles. The number of carboxylic acids is 1. The molecule has 132 valence electrons. The maximum absolute atomic E-state index is 12.5. The van der Waals surface area contributed by atoms with Gasteiger partial charge in [0.15, 0.2) is 5.69 Å². The molecule has 0 aliphatic heterocycles. The maximum Gasteiger partial charge on any atom is 0.308 e. The van der Waals surface area contributed by atoms with Crippen LogP contribution < -0.4 is 10.1 Å². The summed E-state index contributed by atoms with van der Waals surface area (Å²) >= 11 is 0. The average Bonchev–Trinajstić information content (AvgIpc) is 3.21. The third kappa shape index (κ3) is 3.50. The first-order chi connectivity index (χ1) is 12.0. The van der Waals surface area contributed by atoms with E-state index in [-0.39, 0.29) is 17.6 Å². The molecule has 0 bridgehead atoms. The Balaban J connectivity index is 1.77. The number of carboxylic acid groups (broad SMARTS) is 1. The van der Waals surface area contributed by atoms with E-state index in [1.165, 1.54) is 0 Å². The quantitative estimate of drug-likeness (QED) is 0.868. The first-order valence-corrected chi connectivity index (χ1v) is 8.24. The van der Waals surface area contributed by atoms with Gasteiger partial charge in [0.25, 0.3) is 5.91 Å². The van der Waals surface area contributed by atoms with Gasteiger partial charge in [0, 0.05) is 11.7 Å². The molecule has 1 fully saturated rings. The van der Waals surface area contributed by atoms with Gasteiger partial charge in [-0.1, -0.05) is 6.42 Å². The Hall–Kier alpha value is -2.83. The third-order valence-electron chi connectivity index (χ3n) is 4.59. The molecule has 1 aromatic carbocycles. The van der Waals surface area contributed by atoms with Gasteiger partial charge in [0.1, 0.15) is 5.75 Å². The molecule has 1 aliphatic rings. The van der Waals surface area contributed by atoms with Crippen molar-refractivity contribution in [1.29, 1.82) is 0 Å². The lowest BCUT2D eigenvalue weighted by Gasteiger charge is -2.16. The number of carbonyl (C=O) groups is 2. The van der Waals surface area contributed by atoms with Crippen molar-refractivity contribution in [2.24, 2.45) is 5.92 Å². The summed E-state index contributed by atoms with van der Waals surface area (Å²) in [5.74, 6) is -0.975. The number of aryl methyl sites for hydroxylation is 1. The van der Waals surface area contributed by atoms with Crippen molar-refractivity contribution in [1.82, 2.24) is 15.1 Å². The molecular weight excluding hydrogens is 322 g/mol. The highest BCUT2D eigenvalue weighted by Crippen LogP contribution is 2.26. The lowest BCUT2D eigenvalue weighted by atomic mass is 10.0. The summed E-state index contributed by atoms with van der Waals surface area (Å²) in [5, 5.41) is 16.4. The van der Waals surface area contributed by atoms with Gasteiger partial charge >= 0.3 is 5.97 Å². The van der Waals surface area contributed by atoms with Crippen molar-refractivity contribution >= 4 is 11.9 Å². The van der Waals surface area contributed by atoms with Gasteiger partial charge in [-0.15, -0.1) is 0 Å². The van der Waals surface area contributed by atoms with Crippen LogP contribution in [-0.4, -0.2) is 39.9 Å². The second kappa shape index (κ2) is 6.96. The number of ether oxygens (including phenoxy) is 1. The Morgan fingerprint density at radius 2 is 2.00 bits per heavy atom. The Kier molecular flexibility index (Phi) is 4.74. The van der Waals surface area contributed by atoms with Crippen molar-refractivity contribution in [3.05, 3.63) is 41.7 Å². The first kappa shape index (κ1) is 17.0. The van der Waals surface area contributed by atoms with E-state index in [1.807, 2.05) is 31.2 Å². The van der Waals surface area contributed by atoms with E-state index in [0.29, 0.717) is 12.8 Å². The minimum atomic E-state index is -0.859. The second-order valence-corrected chi connectivity index (χ2v) is 6.24. The molecule has 1 heterocycles. The van der Waals surface area contributed by atoms with E-state index in [0.717, 1.165) is 23.6 Å². The van der Waals surface area contributed by atoms with E-state index in [2.05, 4.69) is 10.4 Å². The zero-order valence-electron chi connectivity index (χ0n) is 14.2. The molecule has 0 saturated heterocycles. The van der Waals surface area contributed by atoms with E-state index < -0.39 is 11.9 Å². The van der Waals surface area contributed by atoms with Crippen LogP contribution in [0.15, 0.2) is 30.3 Å². The lowest BCUT2D eigenvalue weighted by molar-refractivity contribution is -0.142. The monoisotopic (exact) mass is 343 g/mol. The maximum atomic E-state index is 12.5. The Bertz CT molecular complexity index is 782. The number of rotatable bonds is 5. The Morgan fingerprint density at radius 3 is 2.64 bits per heavy atom. The predicted molar refractivity (Wildman–Crippen MR) is 91.1 cm³/mol. The smallest absolute Gasteiger partial charge is 0.308 e. The van der Waals surface area contributed by atoms with Crippen molar-refractivity contribution in [3.8, 4) is 11.4 Å². The number of hydrogen-bond acceptors (Lipinski definition) is 4. The minimum Gasteiger partial charge on any atom is -0.497 e. The van der Waals surface area contributed by atoms with Gasteiger partial charge in [0.2, 0.25) is 0 Å².